The second kappa shape index (κ2) is 7.05. The Morgan fingerprint density at radius 2 is 2.08 bits per heavy atom. The molecule has 0 aromatic carbocycles. The average Bonchev–Trinajstić information content (AvgIpc) is 3.35. The molecule has 0 bridgehead atoms. The first-order valence-electron chi connectivity index (χ1n) is 9.49. The van der Waals surface area contributed by atoms with E-state index in [1.807, 2.05) is 23.9 Å². The molecular weight excluding hydrogens is 312 g/mol. The Labute approximate surface area is 149 Å². The van der Waals surface area contributed by atoms with Crippen molar-refractivity contribution in [3.63, 3.8) is 0 Å². The second-order valence-electron chi connectivity index (χ2n) is 7.53. The van der Waals surface area contributed by atoms with Crippen LogP contribution >= 0.6 is 0 Å². The molecule has 4 rings (SSSR count). The molecule has 1 aliphatic carbocycles. The Balaban J connectivity index is 1.47. The lowest BCUT2D eigenvalue weighted by atomic mass is 9.87. The summed E-state index contributed by atoms with van der Waals surface area (Å²) in [6.45, 7) is 1.91. The first-order valence-corrected chi connectivity index (χ1v) is 9.49. The topological polar surface area (TPSA) is 58.0 Å². The van der Waals surface area contributed by atoms with E-state index >= 15 is 0 Å². The molecule has 5 nitrogen and oxygen atoms in total. The smallest absolute Gasteiger partial charge is 0.211 e. The Morgan fingerprint density at radius 3 is 2.84 bits per heavy atom. The van der Waals surface area contributed by atoms with Gasteiger partial charge in [0.05, 0.1) is 11.7 Å². The summed E-state index contributed by atoms with van der Waals surface area (Å²) >= 11 is 0. The fourth-order valence-electron chi connectivity index (χ4n) is 4.40. The molecular formula is C20H26N4O. The number of hydrogen-bond donors (Lipinski definition) is 0. The summed E-state index contributed by atoms with van der Waals surface area (Å²) < 4.78 is 7.81. The van der Waals surface area contributed by atoms with Crippen LogP contribution in [0, 0.1) is 11.3 Å². The molecule has 1 aliphatic heterocycles. The van der Waals surface area contributed by atoms with E-state index in [0.29, 0.717) is 11.6 Å². The maximum Gasteiger partial charge on any atom is 0.211 e. The van der Waals surface area contributed by atoms with Crippen molar-refractivity contribution in [2.24, 2.45) is 7.05 Å². The van der Waals surface area contributed by atoms with Crippen LogP contribution in [0.25, 0.3) is 0 Å². The molecule has 25 heavy (non-hydrogen) atoms. The van der Waals surface area contributed by atoms with E-state index < -0.39 is 0 Å². The van der Waals surface area contributed by atoms with Gasteiger partial charge in [-0.2, -0.15) is 5.26 Å². The fraction of sp³-hybridized carbons (Fsp3) is 0.600. The van der Waals surface area contributed by atoms with E-state index in [-0.39, 0.29) is 6.04 Å². The highest BCUT2D eigenvalue weighted by Gasteiger charge is 2.31. The highest BCUT2D eigenvalue weighted by molar-refractivity contribution is 5.28. The van der Waals surface area contributed by atoms with Crippen LogP contribution in [0.15, 0.2) is 22.9 Å². The Hall–Kier alpha value is -2.06. The molecule has 1 saturated heterocycles. The normalized spacial score (nSPS) is 22.3. The minimum atomic E-state index is 0.267. The van der Waals surface area contributed by atoms with Gasteiger partial charge >= 0.3 is 0 Å². The highest BCUT2D eigenvalue weighted by atomic mass is 16.3. The maximum absolute atomic E-state index is 9.14. The lowest BCUT2D eigenvalue weighted by Gasteiger charge is -2.21. The Morgan fingerprint density at radius 1 is 1.24 bits per heavy atom. The van der Waals surface area contributed by atoms with Crippen molar-refractivity contribution in [1.29, 1.82) is 5.26 Å². The molecule has 1 atom stereocenters. The molecule has 2 aromatic heterocycles. The van der Waals surface area contributed by atoms with Gasteiger partial charge in [-0.3, -0.25) is 4.90 Å². The number of likely N-dealkylation sites (tertiary alicyclic amines) is 1. The number of nitrogens with zero attached hydrogens (tertiary/aromatic N) is 4. The zero-order valence-corrected chi connectivity index (χ0v) is 14.9. The van der Waals surface area contributed by atoms with Crippen LogP contribution < -0.4 is 0 Å². The zero-order valence-electron chi connectivity index (χ0n) is 14.9. The SMILES string of the molecule is Cn1cc(CN2CCCC2c2nc(C3CCCCC3)co2)cc1C#N. The van der Waals surface area contributed by atoms with Crippen LogP contribution in [0.3, 0.4) is 0 Å². The number of aryl methyl sites for hydroxylation is 1. The minimum absolute atomic E-state index is 0.267. The van der Waals surface area contributed by atoms with Crippen LogP contribution in [0.4, 0.5) is 0 Å². The van der Waals surface area contributed by atoms with Crippen LogP contribution in [0.2, 0.25) is 0 Å². The van der Waals surface area contributed by atoms with Gasteiger partial charge in [-0.05, 0) is 43.9 Å². The van der Waals surface area contributed by atoms with E-state index in [1.54, 1.807) is 0 Å². The third kappa shape index (κ3) is 3.36. The number of rotatable bonds is 4. The van der Waals surface area contributed by atoms with Crippen LogP contribution in [-0.2, 0) is 13.6 Å². The standard InChI is InChI=1S/C20H26N4O/c1-23-12-15(10-17(23)11-21)13-24-9-5-8-19(24)20-22-18(14-25-20)16-6-3-2-4-7-16/h10,12,14,16,19H,2-9,13H2,1H3. The van der Waals surface area contributed by atoms with Crippen molar-refractivity contribution in [2.45, 2.75) is 63.5 Å². The van der Waals surface area contributed by atoms with Gasteiger partial charge in [0.25, 0.3) is 0 Å². The summed E-state index contributed by atoms with van der Waals surface area (Å²) in [6.07, 6.45) is 12.7. The highest BCUT2D eigenvalue weighted by Crippen LogP contribution is 2.36. The van der Waals surface area contributed by atoms with Gasteiger partial charge in [0.1, 0.15) is 18.0 Å². The summed E-state index contributed by atoms with van der Waals surface area (Å²) in [5.41, 5.74) is 3.06. The molecule has 0 amide bonds. The molecule has 1 saturated carbocycles. The largest absolute Gasteiger partial charge is 0.447 e. The number of oxazole rings is 1. The third-order valence-electron chi connectivity index (χ3n) is 5.77. The Bertz CT molecular complexity index is 763. The minimum Gasteiger partial charge on any atom is -0.447 e. The predicted octanol–water partition coefficient (Wildman–Crippen LogP) is 4.27. The predicted molar refractivity (Wildman–Crippen MR) is 94.8 cm³/mol. The maximum atomic E-state index is 9.14. The van der Waals surface area contributed by atoms with Gasteiger partial charge in [0.15, 0.2) is 0 Å². The average molecular weight is 338 g/mol. The van der Waals surface area contributed by atoms with Gasteiger partial charge in [-0.25, -0.2) is 4.98 Å². The molecule has 1 unspecified atom stereocenters. The third-order valence-corrected chi connectivity index (χ3v) is 5.77. The summed E-state index contributed by atoms with van der Waals surface area (Å²) in [4.78, 5) is 7.32. The van der Waals surface area contributed by atoms with Gasteiger partial charge in [-0.1, -0.05) is 19.3 Å². The van der Waals surface area contributed by atoms with Gasteiger partial charge < -0.3 is 8.98 Å². The van der Waals surface area contributed by atoms with Crippen molar-refractivity contribution in [2.75, 3.05) is 6.54 Å². The molecule has 2 aromatic rings. The van der Waals surface area contributed by atoms with E-state index in [1.165, 1.54) is 44.1 Å². The molecule has 0 N–H and O–H groups in total. The van der Waals surface area contributed by atoms with Gasteiger partial charge in [0.2, 0.25) is 5.89 Å². The fourth-order valence-corrected chi connectivity index (χ4v) is 4.40. The summed E-state index contributed by atoms with van der Waals surface area (Å²) in [7, 11) is 1.92. The summed E-state index contributed by atoms with van der Waals surface area (Å²) in [6, 6.07) is 4.49. The van der Waals surface area contributed by atoms with Crippen molar-refractivity contribution >= 4 is 0 Å². The van der Waals surface area contributed by atoms with E-state index in [2.05, 4.69) is 17.2 Å². The van der Waals surface area contributed by atoms with Crippen molar-refractivity contribution in [3.05, 3.63) is 41.4 Å². The van der Waals surface area contributed by atoms with Crippen molar-refractivity contribution < 1.29 is 4.42 Å². The summed E-state index contributed by atoms with van der Waals surface area (Å²) in [5.74, 6) is 1.47. The molecule has 0 radical (unpaired) electrons. The number of hydrogen-bond acceptors (Lipinski definition) is 4. The van der Waals surface area contributed by atoms with Crippen LogP contribution in [0.5, 0.6) is 0 Å². The number of aromatic nitrogens is 2. The van der Waals surface area contributed by atoms with Crippen LogP contribution in [0.1, 0.15) is 79.7 Å². The molecule has 3 heterocycles. The van der Waals surface area contributed by atoms with E-state index in [4.69, 9.17) is 14.7 Å². The van der Waals surface area contributed by atoms with E-state index in [9.17, 15) is 0 Å². The number of nitriles is 1. The second-order valence-corrected chi connectivity index (χ2v) is 7.53. The first-order chi connectivity index (χ1) is 12.2. The molecule has 5 heteroatoms. The quantitative estimate of drug-likeness (QED) is 0.835. The van der Waals surface area contributed by atoms with E-state index in [0.717, 1.165) is 31.1 Å². The molecule has 0 spiro atoms. The molecule has 132 valence electrons. The Kier molecular flexibility index (Phi) is 4.63. The molecule has 2 aliphatic rings. The van der Waals surface area contributed by atoms with Crippen LogP contribution in [-0.4, -0.2) is 21.0 Å². The van der Waals surface area contributed by atoms with Gasteiger partial charge in [0, 0.05) is 25.7 Å². The van der Waals surface area contributed by atoms with Crippen molar-refractivity contribution in [3.8, 4) is 6.07 Å². The zero-order chi connectivity index (χ0) is 17.2. The monoisotopic (exact) mass is 338 g/mol. The lowest BCUT2D eigenvalue weighted by molar-refractivity contribution is 0.214. The van der Waals surface area contributed by atoms with Crippen molar-refractivity contribution in [1.82, 2.24) is 14.5 Å². The first kappa shape index (κ1) is 16.4. The van der Waals surface area contributed by atoms with Gasteiger partial charge in [-0.15, -0.1) is 0 Å². The lowest BCUT2D eigenvalue weighted by Crippen LogP contribution is -2.23. The molecule has 2 fully saturated rings. The summed E-state index contributed by atoms with van der Waals surface area (Å²) in [5, 5.41) is 9.14.